The minimum absolute atomic E-state index is 0.114. The molecule has 0 radical (unpaired) electrons. The van der Waals surface area contributed by atoms with Crippen LogP contribution in [0.25, 0.3) is 11.3 Å². The summed E-state index contributed by atoms with van der Waals surface area (Å²) in [5, 5.41) is 0. The molecule has 1 aromatic carbocycles. The third kappa shape index (κ3) is 3.32. The van der Waals surface area contributed by atoms with Crippen LogP contribution in [-0.4, -0.2) is 24.6 Å². The Labute approximate surface area is 135 Å². The van der Waals surface area contributed by atoms with Crippen LogP contribution < -0.4 is 5.73 Å². The number of nitrogens with zero attached hydrogens (tertiary/aromatic N) is 2. The van der Waals surface area contributed by atoms with Crippen molar-refractivity contribution in [3.63, 3.8) is 0 Å². The highest BCUT2D eigenvalue weighted by Crippen LogP contribution is 2.28. The summed E-state index contributed by atoms with van der Waals surface area (Å²) in [5.74, 6) is 0.536. The second-order valence-corrected chi connectivity index (χ2v) is 7.49. The van der Waals surface area contributed by atoms with Gasteiger partial charge in [0, 0.05) is 17.7 Å². The van der Waals surface area contributed by atoms with E-state index in [9.17, 15) is 8.42 Å². The van der Waals surface area contributed by atoms with E-state index in [2.05, 4.69) is 22.1 Å². The Kier molecular flexibility index (Phi) is 4.00. The third-order valence-electron chi connectivity index (χ3n) is 3.74. The fraction of sp³-hybridized carbons (Fsp3) is 0.176. The highest BCUT2D eigenvalue weighted by Gasteiger charge is 2.16. The quantitative estimate of drug-likeness (QED) is 0.937. The minimum atomic E-state index is -3.21. The van der Waals surface area contributed by atoms with E-state index in [0.717, 1.165) is 17.7 Å². The van der Waals surface area contributed by atoms with Gasteiger partial charge in [-0.2, -0.15) is 0 Å². The number of hydrogen-bond acceptors (Lipinski definition) is 5. The van der Waals surface area contributed by atoms with E-state index >= 15 is 0 Å². The van der Waals surface area contributed by atoms with Gasteiger partial charge in [0.25, 0.3) is 0 Å². The zero-order chi connectivity index (χ0) is 16.4. The Morgan fingerprint density at radius 1 is 1.17 bits per heavy atom. The summed E-state index contributed by atoms with van der Waals surface area (Å²) in [4.78, 5) is 9.16. The summed E-state index contributed by atoms with van der Waals surface area (Å²) >= 11 is 0. The average Bonchev–Trinajstić information content (AvgIpc) is 2.55. The molecule has 0 saturated heterocycles. The summed E-state index contributed by atoms with van der Waals surface area (Å²) in [6.07, 6.45) is 11.7. The number of nitrogens with two attached hydrogens (primary N) is 1. The lowest BCUT2D eigenvalue weighted by Gasteiger charge is -2.15. The molecule has 0 aliphatic heterocycles. The molecule has 1 aromatic heterocycles. The van der Waals surface area contributed by atoms with Gasteiger partial charge >= 0.3 is 0 Å². The molecule has 0 bridgehead atoms. The van der Waals surface area contributed by atoms with E-state index in [1.807, 2.05) is 12.2 Å². The van der Waals surface area contributed by atoms with Gasteiger partial charge in [0.15, 0.2) is 9.84 Å². The molecule has 0 amide bonds. The first-order chi connectivity index (χ1) is 10.9. The minimum Gasteiger partial charge on any atom is -0.382 e. The molecule has 0 fully saturated rings. The van der Waals surface area contributed by atoms with Gasteiger partial charge in [0.2, 0.25) is 0 Å². The van der Waals surface area contributed by atoms with Crippen LogP contribution in [0.5, 0.6) is 0 Å². The lowest BCUT2D eigenvalue weighted by atomic mass is 9.96. The summed E-state index contributed by atoms with van der Waals surface area (Å²) in [5.41, 5.74) is 8.20. The van der Waals surface area contributed by atoms with Crippen molar-refractivity contribution in [1.82, 2.24) is 9.97 Å². The Morgan fingerprint density at radius 2 is 1.91 bits per heavy atom. The van der Waals surface area contributed by atoms with Crippen LogP contribution in [0, 0.1) is 0 Å². The van der Waals surface area contributed by atoms with Crippen molar-refractivity contribution in [1.29, 1.82) is 0 Å². The highest BCUT2D eigenvalue weighted by atomic mass is 32.2. The zero-order valence-corrected chi connectivity index (χ0v) is 13.5. The molecule has 0 spiro atoms. The van der Waals surface area contributed by atoms with Gasteiger partial charge in [-0.3, -0.25) is 0 Å². The summed E-state index contributed by atoms with van der Waals surface area (Å²) in [6.45, 7) is 0. The van der Waals surface area contributed by atoms with E-state index in [0.29, 0.717) is 11.5 Å². The first-order valence-corrected chi connectivity index (χ1v) is 9.10. The molecule has 118 valence electrons. The molecule has 1 unspecified atom stereocenters. The lowest BCUT2D eigenvalue weighted by Crippen LogP contribution is -2.07. The molecule has 23 heavy (non-hydrogen) atoms. The first kappa shape index (κ1) is 15.4. The van der Waals surface area contributed by atoms with Gasteiger partial charge in [0.1, 0.15) is 5.82 Å². The fourth-order valence-electron chi connectivity index (χ4n) is 2.48. The Balaban J connectivity index is 1.97. The van der Waals surface area contributed by atoms with Gasteiger partial charge in [0.05, 0.1) is 22.5 Å². The van der Waals surface area contributed by atoms with Crippen molar-refractivity contribution in [2.75, 3.05) is 12.0 Å². The number of rotatable bonds is 3. The van der Waals surface area contributed by atoms with Crippen LogP contribution in [0.15, 0.2) is 59.7 Å². The molecule has 6 heteroatoms. The zero-order valence-electron chi connectivity index (χ0n) is 12.7. The van der Waals surface area contributed by atoms with E-state index in [-0.39, 0.29) is 10.8 Å². The normalized spacial score (nSPS) is 17.3. The molecule has 3 rings (SSSR count). The van der Waals surface area contributed by atoms with E-state index in [4.69, 9.17) is 5.73 Å². The highest BCUT2D eigenvalue weighted by molar-refractivity contribution is 7.90. The second-order valence-electron chi connectivity index (χ2n) is 5.48. The van der Waals surface area contributed by atoms with Crippen LogP contribution in [0.2, 0.25) is 0 Å². The number of hydrogen-bond donors (Lipinski definition) is 1. The summed E-state index contributed by atoms with van der Waals surface area (Å²) < 4.78 is 23.1. The Hall–Kier alpha value is -2.47. The largest absolute Gasteiger partial charge is 0.382 e. The Bertz CT molecular complexity index is 885. The molecule has 1 aliphatic carbocycles. The summed E-state index contributed by atoms with van der Waals surface area (Å²) in [6, 6.07) is 6.62. The maximum atomic E-state index is 11.5. The van der Waals surface area contributed by atoms with Crippen molar-refractivity contribution in [2.24, 2.45) is 0 Å². The van der Waals surface area contributed by atoms with Gasteiger partial charge in [-0.1, -0.05) is 36.4 Å². The van der Waals surface area contributed by atoms with Gasteiger partial charge in [-0.25, -0.2) is 18.4 Å². The maximum Gasteiger partial charge on any atom is 0.175 e. The Morgan fingerprint density at radius 3 is 2.52 bits per heavy atom. The predicted octanol–water partition coefficient (Wildman–Crippen LogP) is 2.73. The molecule has 2 aromatic rings. The van der Waals surface area contributed by atoms with Gasteiger partial charge in [-0.15, -0.1) is 0 Å². The van der Waals surface area contributed by atoms with Crippen LogP contribution in [0.3, 0.4) is 0 Å². The monoisotopic (exact) mass is 327 g/mol. The molecule has 1 atom stereocenters. The molecule has 0 saturated carbocycles. The molecule has 1 heterocycles. The average molecular weight is 327 g/mol. The van der Waals surface area contributed by atoms with E-state index in [1.165, 1.54) is 6.26 Å². The SMILES string of the molecule is CS(=O)(=O)c1ccc(-c2cnc(N)c(C3C=CC=CC3)n2)cc1. The lowest BCUT2D eigenvalue weighted by molar-refractivity contribution is 0.602. The smallest absolute Gasteiger partial charge is 0.175 e. The van der Waals surface area contributed by atoms with Crippen molar-refractivity contribution >= 4 is 15.7 Å². The van der Waals surface area contributed by atoms with E-state index < -0.39 is 9.84 Å². The molecule has 1 aliphatic rings. The fourth-order valence-corrected chi connectivity index (χ4v) is 3.11. The molecule has 2 N–H and O–H groups in total. The molecular weight excluding hydrogens is 310 g/mol. The number of nitrogen functional groups attached to an aromatic ring is 1. The van der Waals surface area contributed by atoms with Crippen LogP contribution >= 0.6 is 0 Å². The standard InChI is InChI=1S/C17H17N3O2S/c1-23(21,22)14-9-7-12(8-10-14)15-11-19-17(18)16(20-15)13-5-3-2-4-6-13/h2-5,7-11,13H,6H2,1H3,(H2,18,19). The van der Waals surface area contributed by atoms with Crippen LogP contribution in [0.4, 0.5) is 5.82 Å². The number of anilines is 1. The molecule has 5 nitrogen and oxygen atoms in total. The van der Waals surface area contributed by atoms with Crippen molar-refractivity contribution in [3.05, 3.63) is 60.5 Å². The topological polar surface area (TPSA) is 85.9 Å². The van der Waals surface area contributed by atoms with Crippen molar-refractivity contribution < 1.29 is 8.42 Å². The first-order valence-electron chi connectivity index (χ1n) is 7.21. The molecular formula is C17H17N3O2S. The van der Waals surface area contributed by atoms with Crippen LogP contribution in [-0.2, 0) is 9.84 Å². The van der Waals surface area contributed by atoms with Gasteiger partial charge in [-0.05, 0) is 18.6 Å². The predicted molar refractivity (Wildman–Crippen MR) is 90.6 cm³/mol. The third-order valence-corrected chi connectivity index (χ3v) is 4.87. The number of benzene rings is 1. The van der Waals surface area contributed by atoms with Gasteiger partial charge < -0.3 is 5.73 Å². The van der Waals surface area contributed by atoms with Crippen molar-refractivity contribution in [2.45, 2.75) is 17.2 Å². The second kappa shape index (κ2) is 5.96. The van der Waals surface area contributed by atoms with Crippen LogP contribution in [0.1, 0.15) is 18.0 Å². The van der Waals surface area contributed by atoms with E-state index in [1.54, 1.807) is 30.5 Å². The maximum absolute atomic E-state index is 11.5. The number of aromatic nitrogens is 2. The van der Waals surface area contributed by atoms with Crippen molar-refractivity contribution in [3.8, 4) is 11.3 Å². The number of allylic oxidation sites excluding steroid dienone is 4. The summed E-state index contributed by atoms with van der Waals surface area (Å²) in [7, 11) is -3.21. The number of sulfone groups is 1.